The first-order valence-electron chi connectivity index (χ1n) is 13.1. The molecule has 3 nitrogen and oxygen atoms in total. The van der Waals surface area contributed by atoms with Crippen LogP contribution < -0.4 is 0 Å². The molecule has 6 aromatic rings. The van der Waals surface area contributed by atoms with Crippen molar-refractivity contribution in [2.75, 3.05) is 0 Å². The Bertz CT molecular complexity index is 1590. The number of hydrogen-bond donors (Lipinski definition) is 0. The van der Waals surface area contributed by atoms with E-state index in [0.29, 0.717) is 0 Å². The van der Waals surface area contributed by atoms with Gasteiger partial charge in [-0.25, -0.2) is 0 Å². The van der Waals surface area contributed by atoms with Gasteiger partial charge in [0.2, 0.25) is 0 Å². The van der Waals surface area contributed by atoms with E-state index in [1.807, 2.05) is 59.4 Å². The fourth-order valence-corrected chi connectivity index (χ4v) is 4.69. The van der Waals surface area contributed by atoms with Crippen LogP contribution in [0.15, 0.2) is 116 Å². The van der Waals surface area contributed by atoms with E-state index >= 15 is 0 Å². The zero-order valence-corrected chi connectivity index (χ0v) is 25.5. The van der Waals surface area contributed by atoms with E-state index < -0.39 is 0 Å². The number of rotatable bonds is 4. The van der Waals surface area contributed by atoms with Crippen molar-refractivity contribution >= 4 is 0 Å². The summed E-state index contributed by atoms with van der Waals surface area (Å²) in [5.74, 6) is 0. The second-order valence-corrected chi connectivity index (χ2v) is 9.85. The number of benzene rings is 4. The minimum Gasteiger partial charge on any atom is -0.305 e. The summed E-state index contributed by atoms with van der Waals surface area (Å²) in [7, 11) is 0. The third kappa shape index (κ3) is 7.29. The van der Waals surface area contributed by atoms with Gasteiger partial charge in [0.1, 0.15) is 0 Å². The summed E-state index contributed by atoms with van der Waals surface area (Å²) in [4.78, 5) is 4.22. The Kier molecular flexibility index (Phi) is 9.60. The topological polar surface area (TPSA) is 30.7 Å². The standard InChI is InChI=1S/C25H23N2.C11H8N.Ir/c1-17-11-18(2)14-22(13-17)21-5-7-24(8-6-21)27-10-9-25(26-27)23-15-19(3)12-20(4)16-23;1-2-6-10(7-3-1)11-8-4-5-9-12-11;/h5-7,9-16H,1-4H3;1-6,8-9H;/q2*-1;. The molecule has 0 saturated carbocycles. The molecule has 4 heteroatoms. The van der Waals surface area contributed by atoms with Crippen molar-refractivity contribution in [1.29, 1.82) is 0 Å². The molecule has 0 fully saturated rings. The fourth-order valence-electron chi connectivity index (χ4n) is 4.69. The van der Waals surface area contributed by atoms with Gasteiger partial charge in [-0.1, -0.05) is 64.2 Å². The van der Waals surface area contributed by atoms with Gasteiger partial charge in [-0.05, 0) is 63.3 Å². The van der Waals surface area contributed by atoms with Crippen LogP contribution >= 0.6 is 0 Å². The molecular formula is C36H31IrN3-2. The molecule has 201 valence electrons. The maximum Gasteiger partial charge on any atom is 0.0926 e. The monoisotopic (exact) mass is 698 g/mol. The Morgan fingerprint density at radius 3 is 1.85 bits per heavy atom. The molecular weight excluding hydrogens is 667 g/mol. The molecule has 4 aromatic carbocycles. The van der Waals surface area contributed by atoms with Gasteiger partial charge in [-0.15, -0.1) is 47.5 Å². The summed E-state index contributed by atoms with van der Waals surface area (Å²) in [6.45, 7) is 8.50. The Morgan fingerprint density at radius 1 is 0.600 bits per heavy atom. The molecule has 0 bridgehead atoms. The molecule has 2 heterocycles. The van der Waals surface area contributed by atoms with Gasteiger partial charge in [0.15, 0.2) is 0 Å². The second kappa shape index (κ2) is 13.3. The van der Waals surface area contributed by atoms with Crippen LogP contribution in [-0.4, -0.2) is 14.8 Å². The van der Waals surface area contributed by atoms with Crippen LogP contribution in [0.3, 0.4) is 0 Å². The first-order chi connectivity index (χ1) is 18.9. The predicted octanol–water partition coefficient (Wildman–Crippen LogP) is 8.79. The van der Waals surface area contributed by atoms with Crippen LogP contribution in [0.4, 0.5) is 0 Å². The van der Waals surface area contributed by atoms with Crippen molar-refractivity contribution in [3.05, 3.63) is 150 Å². The minimum atomic E-state index is 0. The largest absolute Gasteiger partial charge is 0.305 e. The van der Waals surface area contributed by atoms with E-state index in [4.69, 9.17) is 5.10 Å². The summed E-state index contributed by atoms with van der Waals surface area (Å²) in [6, 6.07) is 41.6. The predicted molar refractivity (Wildman–Crippen MR) is 161 cm³/mol. The van der Waals surface area contributed by atoms with E-state index in [0.717, 1.165) is 28.2 Å². The van der Waals surface area contributed by atoms with Gasteiger partial charge in [0, 0.05) is 38.1 Å². The van der Waals surface area contributed by atoms with Gasteiger partial charge in [0.05, 0.1) is 5.69 Å². The number of hydrogen-bond acceptors (Lipinski definition) is 2. The maximum atomic E-state index is 4.75. The van der Waals surface area contributed by atoms with E-state index in [1.165, 1.54) is 33.4 Å². The molecule has 0 atom stereocenters. The summed E-state index contributed by atoms with van der Waals surface area (Å²) >= 11 is 0. The average Bonchev–Trinajstić information content (AvgIpc) is 3.44. The molecule has 0 N–H and O–H groups in total. The van der Waals surface area contributed by atoms with Crippen LogP contribution in [0.2, 0.25) is 0 Å². The molecule has 0 unspecified atom stereocenters. The van der Waals surface area contributed by atoms with Gasteiger partial charge in [0.25, 0.3) is 0 Å². The zero-order chi connectivity index (χ0) is 27.2. The minimum absolute atomic E-state index is 0. The Hall–Kier alpha value is -4.11. The summed E-state index contributed by atoms with van der Waals surface area (Å²) in [5.41, 5.74) is 12.5. The van der Waals surface area contributed by atoms with Crippen LogP contribution in [0.5, 0.6) is 0 Å². The van der Waals surface area contributed by atoms with Crippen molar-refractivity contribution in [2.24, 2.45) is 0 Å². The zero-order valence-electron chi connectivity index (χ0n) is 23.1. The number of aromatic nitrogens is 3. The van der Waals surface area contributed by atoms with Crippen molar-refractivity contribution in [3.63, 3.8) is 0 Å². The molecule has 40 heavy (non-hydrogen) atoms. The maximum absolute atomic E-state index is 4.75. The summed E-state index contributed by atoms with van der Waals surface area (Å²) in [5, 5.41) is 4.75. The molecule has 0 saturated heterocycles. The van der Waals surface area contributed by atoms with E-state index in [1.54, 1.807) is 6.20 Å². The molecule has 0 amide bonds. The Balaban J connectivity index is 0.000000238. The van der Waals surface area contributed by atoms with E-state index in [9.17, 15) is 0 Å². The smallest absolute Gasteiger partial charge is 0.0926 e. The van der Waals surface area contributed by atoms with Gasteiger partial charge < -0.3 is 4.98 Å². The van der Waals surface area contributed by atoms with Crippen molar-refractivity contribution in [3.8, 4) is 39.3 Å². The molecule has 1 radical (unpaired) electrons. The van der Waals surface area contributed by atoms with Crippen molar-refractivity contribution in [2.45, 2.75) is 27.7 Å². The quantitative estimate of drug-likeness (QED) is 0.173. The third-order valence-electron chi connectivity index (χ3n) is 6.35. The van der Waals surface area contributed by atoms with Crippen LogP contribution in [0.1, 0.15) is 22.3 Å². The van der Waals surface area contributed by atoms with Crippen molar-refractivity contribution in [1.82, 2.24) is 14.8 Å². The molecule has 0 aliphatic rings. The van der Waals surface area contributed by atoms with Crippen LogP contribution in [0, 0.1) is 39.8 Å². The van der Waals surface area contributed by atoms with Crippen LogP contribution in [0.25, 0.3) is 39.3 Å². The number of nitrogens with zero attached hydrogens (tertiary/aromatic N) is 3. The first-order valence-corrected chi connectivity index (χ1v) is 13.1. The average molecular weight is 698 g/mol. The van der Waals surface area contributed by atoms with Gasteiger partial charge in [-0.3, -0.25) is 4.68 Å². The van der Waals surface area contributed by atoms with Crippen molar-refractivity contribution < 1.29 is 20.1 Å². The summed E-state index contributed by atoms with van der Waals surface area (Å²) in [6.07, 6.45) is 3.78. The number of pyridine rings is 1. The Morgan fingerprint density at radius 2 is 1.27 bits per heavy atom. The second-order valence-electron chi connectivity index (χ2n) is 9.85. The SMILES string of the molecule is Cc1cc(C)cc(-c2c[c-]c(-n3ccc(-c4cc(C)cc(C)c4)n3)cc2)c1.[Ir].[c-]1ccccc1-c1ccccn1. The third-order valence-corrected chi connectivity index (χ3v) is 6.35. The van der Waals surface area contributed by atoms with E-state index in [-0.39, 0.29) is 20.1 Å². The normalized spacial score (nSPS) is 10.3. The molecule has 0 aliphatic carbocycles. The van der Waals surface area contributed by atoms with Gasteiger partial charge >= 0.3 is 0 Å². The Labute approximate surface area is 250 Å². The molecule has 2 aromatic heterocycles. The number of aryl methyl sites for hydroxylation is 4. The van der Waals surface area contributed by atoms with Gasteiger partial charge in [-0.2, -0.15) is 23.3 Å². The van der Waals surface area contributed by atoms with Crippen LogP contribution in [-0.2, 0) is 20.1 Å². The molecule has 0 aliphatic heterocycles. The molecule has 0 spiro atoms. The first kappa shape index (κ1) is 28.9. The fraction of sp³-hybridized carbons (Fsp3) is 0.111. The summed E-state index contributed by atoms with van der Waals surface area (Å²) < 4.78 is 1.89. The molecule has 6 rings (SSSR count). The van der Waals surface area contributed by atoms with E-state index in [2.05, 4.69) is 99.4 Å².